The maximum Gasteiger partial charge on any atom is 0.126 e. The highest BCUT2D eigenvalue weighted by Crippen LogP contribution is 2.23. The Labute approximate surface area is 96.1 Å². The van der Waals surface area contributed by atoms with Gasteiger partial charge in [0.2, 0.25) is 0 Å². The zero-order valence-electron chi connectivity index (χ0n) is 8.63. The van der Waals surface area contributed by atoms with Crippen molar-refractivity contribution in [1.82, 2.24) is 9.69 Å². The second kappa shape index (κ2) is 4.67. The number of nitrogens with zero attached hydrogens (tertiary/aromatic N) is 1. The summed E-state index contributed by atoms with van der Waals surface area (Å²) >= 11 is 1.32. The van der Waals surface area contributed by atoms with Gasteiger partial charge in [0, 0.05) is 23.1 Å². The highest BCUT2D eigenvalue weighted by molar-refractivity contribution is 7.06. The quantitative estimate of drug-likeness (QED) is 0.892. The molecule has 0 aliphatic carbocycles. The Bertz CT molecular complexity index is 476. The number of hydrogen-bond acceptors (Lipinski definition) is 3. The van der Waals surface area contributed by atoms with Gasteiger partial charge >= 0.3 is 0 Å². The van der Waals surface area contributed by atoms with Crippen molar-refractivity contribution in [1.29, 1.82) is 0 Å². The highest BCUT2D eigenvalue weighted by atomic mass is 32.1. The van der Waals surface area contributed by atoms with E-state index in [1.54, 1.807) is 0 Å². The number of aromatic nitrogens is 1. The van der Waals surface area contributed by atoms with E-state index in [0.29, 0.717) is 17.8 Å². The molecule has 1 aromatic heterocycles. The molecule has 2 rings (SSSR count). The molecule has 0 aliphatic rings. The normalized spacial score (nSPS) is 10.7. The van der Waals surface area contributed by atoms with Crippen molar-refractivity contribution in [3.05, 3.63) is 40.8 Å². The van der Waals surface area contributed by atoms with Crippen LogP contribution in [-0.2, 0) is 6.54 Å². The molecule has 0 amide bonds. The summed E-state index contributed by atoms with van der Waals surface area (Å²) in [5, 5.41) is 2.99. The second-order valence-electron chi connectivity index (χ2n) is 3.37. The Balaban J connectivity index is 2.34. The summed E-state index contributed by atoms with van der Waals surface area (Å²) in [5.41, 5.74) is 1.07. The average Bonchev–Trinajstić information content (AvgIpc) is 2.65. The molecule has 0 aliphatic heterocycles. The van der Waals surface area contributed by atoms with E-state index in [2.05, 4.69) is 9.69 Å². The molecule has 0 saturated carbocycles. The molecule has 2 nitrogen and oxygen atoms in total. The van der Waals surface area contributed by atoms with Crippen LogP contribution < -0.4 is 5.32 Å². The minimum Gasteiger partial charge on any atom is -0.315 e. The van der Waals surface area contributed by atoms with Gasteiger partial charge in [0.05, 0.1) is 5.69 Å². The number of benzene rings is 1. The van der Waals surface area contributed by atoms with Crippen molar-refractivity contribution >= 4 is 11.5 Å². The standard InChI is InChI=1S/C11H10F2N2S/c1-14-6-10-5-11(15-16-10)7-2-8(12)4-9(13)3-7/h2-5,14H,6H2,1H3. The summed E-state index contributed by atoms with van der Waals surface area (Å²) < 4.78 is 30.1. The average molecular weight is 240 g/mol. The fourth-order valence-electron chi connectivity index (χ4n) is 1.41. The van der Waals surface area contributed by atoms with E-state index < -0.39 is 11.6 Å². The van der Waals surface area contributed by atoms with Crippen LogP contribution in [0.5, 0.6) is 0 Å². The summed E-state index contributed by atoms with van der Waals surface area (Å²) in [5.74, 6) is -1.17. The maximum absolute atomic E-state index is 13.0. The maximum atomic E-state index is 13.0. The molecular weight excluding hydrogens is 230 g/mol. The largest absolute Gasteiger partial charge is 0.315 e. The van der Waals surface area contributed by atoms with Gasteiger partial charge < -0.3 is 5.32 Å². The molecule has 0 unspecified atom stereocenters. The summed E-state index contributed by atoms with van der Waals surface area (Å²) in [6, 6.07) is 5.24. The van der Waals surface area contributed by atoms with Crippen LogP contribution in [0.2, 0.25) is 0 Å². The predicted molar refractivity (Wildman–Crippen MR) is 60.2 cm³/mol. The zero-order valence-corrected chi connectivity index (χ0v) is 9.44. The lowest BCUT2D eigenvalue weighted by atomic mass is 10.1. The van der Waals surface area contributed by atoms with Gasteiger partial charge in [-0.05, 0) is 36.8 Å². The van der Waals surface area contributed by atoms with Crippen molar-refractivity contribution in [3.8, 4) is 11.3 Å². The Morgan fingerprint density at radius 3 is 2.50 bits per heavy atom. The third kappa shape index (κ3) is 2.43. The number of halogens is 2. The molecular formula is C11H10F2N2S. The first kappa shape index (κ1) is 11.2. The smallest absolute Gasteiger partial charge is 0.126 e. The number of nitrogens with one attached hydrogen (secondary N) is 1. The molecule has 1 aromatic carbocycles. The Hall–Kier alpha value is -1.33. The lowest BCUT2D eigenvalue weighted by Crippen LogP contribution is -2.02. The van der Waals surface area contributed by atoms with Crippen LogP contribution >= 0.6 is 11.5 Å². The van der Waals surface area contributed by atoms with Crippen molar-refractivity contribution in [3.63, 3.8) is 0 Å². The third-order valence-electron chi connectivity index (χ3n) is 2.07. The van der Waals surface area contributed by atoms with Gasteiger partial charge in [0.15, 0.2) is 0 Å². The monoisotopic (exact) mass is 240 g/mol. The van der Waals surface area contributed by atoms with Gasteiger partial charge in [-0.3, -0.25) is 0 Å². The number of rotatable bonds is 3. The first-order valence-electron chi connectivity index (χ1n) is 4.75. The van der Waals surface area contributed by atoms with Gasteiger partial charge in [-0.15, -0.1) is 0 Å². The lowest BCUT2D eigenvalue weighted by Gasteiger charge is -1.97. The summed E-state index contributed by atoms with van der Waals surface area (Å²) in [4.78, 5) is 1.03. The van der Waals surface area contributed by atoms with Crippen LogP contribution in [0.3, 0.4) is 0 Å². The van der Waals surface area contributed by atoms with E-state index in [4.69, 9.17) is 0 Å². The molecule has 1 N–H and O–H groups in total. The van der Waals surface area contributed by atoms with Crippen LogP contribution in [0.4, 0.5) is 8.78 Å². The van der Waals surface area contributed by atoms with Crippen LogP contribution in [0.1, 0.15) is 4.88 Å². The van der Waals surface area contributed by atoms with E-state index in [9.17, 15) is 8.78 Å². The fourth-order valence-corrected chi connectivity index (χ4v) is 2.16. The van der Waals surface area contributed by atoms with E-state index in [-0.39, 0.29) is 0 Å². The van der Waals surface area contributed by atoms with E-state index in [1.807, 2.05) is 13.1 Å². The lowest BCUT2D eigenvalue weighted by molar-refractivity contribution is 0.584. The Kier molecular flexibility index (Phi) is 3.26. The molecule has 2 aromatic rings. The second-order valence-corrected chi connectivity index (χ2v) is 4.26. The number of hydrogen-bond donors (Lipinski definition) is 1. The molecule has 16 heavy (non-hydrogen) atoms. The molecule has 0 bridgehead atoms. The first-order valence-corrected chi connectivity index (χ1v) is 5.53. The SMILES string of the molecule is CNCc1cc(-c2cc(F)cc(F)c2)ns1. The highest BCUT2D eigenvalue weighted by Gasteiger charge is 2.07. The topological polar surface area (TPSA) is 24.9 Å². The van der Waals surface area contributed by atoms with Crippen LogP contribution in [-0.4, -0.2) is 11.4 Å². The van der Waals surface area contributed by atoms with Crippen LogP contribution in [0, 0.1) is 11.6 Å². The molecule has 5 heteroatoms. The van der Waals surface area contributed by atoms with Crippen LogP contribution in [0.25, 0.3) is 11.3 Å². The zero-order chi connectivity index (χ0) is 11.5. The van der Waals surface area contributed by atoms with Crippen molar-refractivity contribution < 1.29 is 8.78 Å². The van der Waals surface area contributed by atoms with Gasteiger partial charge in [-0.1, -0.05) is 0 Å². The van der Waals surface area contributed by atoms with Crippen molar-refractivity contribution in [2.75, 3.05) is 7.05 Å². The Morgan fingerprint density at radius 2 is 1.88 bits per heavy atom. The van der Waals surface area contributed by atoms with Gasteiger partial charge in [0.25, 0.3) is 0 Å². The Morgan fingerprint density at radius 1 is 1.19 bits per heavy atom. The van der Waals surface area contributed by atoms with E-state index >= 15 is 0 Å². The minimum atomic E-state index is -0.585. The molecule has 1 heterocycles. The van der Waals surface area contributed by atoms with E-state index in [1.165, 1.54) is 23.7 Å². The third-order valence-corrected chi connectivity index (χ3v) is 2.85. The van der Waals surface area contributed by atoms with E-state index in [0.717, 1.165) is 10.9 Å². The summed E-state index contributed by atoms with van der Waals surface area (Å²) in [6.07, 6.45) is 0. The molecule has 0 atom stereocenters. The van der Waals surface area contributed by atoms with Crippen LogP contribution in [0.15, 0.2) is 24.3 Å². The van der Waals surface area contributed by atoms with Crippen molar-refractivity contribution in [2.45, 2.75) is 6.54 Å². The summed E-state index contributed by atoms with van der Waals surface area (Å²) in [6.45, 7) is 0.704. The predicted octanol–water partition coefficient (Wildman–Crippen LogP) is 2.81. The first-order chi connectivity index (χ1) is 7.69. The summed E-state index contributed by atoms with van der Waals surface area (Å²) in [7, 11) is 1.83. The minimum absolute atomic E-state index is 0.469. The van der Waals surface area contributed by atoms with Gasteiger partial charge in [0.1, 0.15) is 11.6 Å². The van der Waals surface area contributed by atoms with Gasteiger partial charge in [-0.2, -0.15) is 4.37 Å². The molecule has 0 fully saturated rings. The molecule has 0 radical (unpaired) electrons. The van der Waals surface area contributed by atoms with Gasteiger partial charge in [-0.25, -0.2) is 8.78 Å². The molecule has 0 spiro atoms. The van der Waals surface area contributed by atoms with Crippen molar-refractivity contribution in [2.24, 2.45) is 0 Å². The molecule has 84 valence electrons. The fraction of sp³-hybridized carbons (Fsp3) is 0.182. The molecule has 0 saturated heterocycles.